The first kappa shape index (κ1) is 23.4. The van der Waals surface area contributed by atoms with Gasteiger partial charge in [-0.3, -0.25) is 23.4 Å². The van der Waals surface area contributed by atoms with Gasteiger partial charge in [0.1, 0.15) is 11.1 Å². The van der Waals surface area contributed by atoms with Crippen LogP contribution in [0.15, 0.2) is 46.2 Å². The maximum Gasteiger partial charge on any atom is 0.332 e. The van der Waals surface area contributed by atoms with Crippen molar-refractivity contribution in [3.8, 4) is 11.4 Å². The van der Waals surface area contributed by atoms with E-state index in [0.717, 1.165) is 26.6 Å². The molecule has 0 saturated heterocycles. The number of primary amides is 1. The zero-order valence-corrected chi connectivity index (χ0v) is 21.0. The molecule has 1 amide bonds. The van der Waals surface area contributed by atoms with Gasteiger partial charge in [0.05, 0.1) is 17.8 Å². The Hall–Kier alpha value is -4.34. The van der Waals surface area contributed by atoms with Crippen LogP contribution in [-0.2, 0) is 27.2 Å². The predicted molar refractivity (Wildman–Crippen MR) is 139 cm³/mol. The highest BCUT2D eigenvalue weighted by Crippen LogP contribution is 2.30. The van der Waals surface area contributed by atoms with Crippen LogP contribution in [0.5, 0.6) is 0 Å². The number of nitrogens with zero attached hydrogens (tertiary/aromatic N) is 5. The Morgan fingerprint density at radius 3 is 2.58 bits per heavy atom. The van der Waals surface area contributed by atoms with Crippen molar-refractivity contribution in [3.63, 3.8) is 0 Å². The molecular formula is C26H29N7O3. The van der Waals surface area contributed by atoms with Crippen molar-refractivity contribution >= 4 is 27.8 Å². The van der Waals surface area contributed by atoms with Crippen LogP contribution in [0.1, 0.15) is 35.3 Å². The topological polar surface area (TPSA) is 126 Å². The first-order chi connectivity index (χ1) is 17.1. The summed E-state index contributed by atoms with van der Waals surface area (Å²) in [6.45, 7) is 6.81. The molecule has 5 rings (SSSR count). The normalized spacial score (nSPS) is 11.8. The molecule has 0 saturated carbocycles. The van der Waals surface area contributed by atoms with Gasteiger partial charge in [-0.25, -0.2) is 4.79 Å². The largest absolute Gasteiger partial charge is 0.366 e. The van der Waals surface area contributed by atoms with Crippen molar-refractivity contribution in [1.82, 2.24) is 28.5 Å². The molecule has 5 aromatic rings. The molecule has 1 aromatic carbocycles. The molecule has 0 atom stereocenters. The second-order valence-electron chi connectivity index (χ2n) is 9.81. The standard InChI is InChI=1S/C26H29N7O3/c1-14(2)11-32-24-21(25(35)31(5)26(32)36)22(20-9-16(23(27)34)12-30(20)4)33(29-24)13-17-10-28-19-7-6-15(3)8-18(17)19/h6-10,12,14,28H,11,13H2,1-5H3,(H2,27,34). The lowest BCUT2D eigenvalue weighted by molar-refractivity contribution is 0.100. The smallest absolute Gasteiger partial charge is 0.332 e. The molecule has 0 radical (unpaired) electrons. The van der Waals surface area contributed by atoms with Crippen molar-refractivity contribution in [2.75, 3.05) is 0 Å². The number of carbonyl (C=O) groups excluding carboxylic acids is 1. The second-order valence-corrected chi connectivity index (χ2v) is 9.81. The number of hydrogen-bond acceptors (Lipinski definition) is 4. The molecular weight excluding hydrogens is 458 g/mol. The van der Waals surface area contributed by atoms with Crippen molar-refractivity contribution < 1.29 is 4.79 Å². The summed E-state index contributed by atoms with van der Waals surface area (Å²) in [4.78, 5) is 41.8. The van der Waals surface area contributed by atoms with Gasteiger partial charge in [-0.05, 0) is 36.6 Å². The van der Waals surface area contributed by atoms with Crippen molar-refractivity contribution in [1.29, 1.82) is 0 Å². The number of aromatic amines is 1. The minimum absolute atomic E-state index is 0.157. The SMILES string of the molecule is Cc1ccc2[nH]cc(Cn3nc4c(c3-c3cc(C(N)=O)cn3C)c(=O)n(C)c(=O)n4CC(C)C)c2c1. The quantitative estimate of drug-likeness (QED) is 0.382. The van der Waals surface area contributed by atoms with Crippen LogP contribution in [-0.4, -0.2) is 34.4 Å². The van der Waals surface area contributed by atoms with Crippen LogP contribution < -0.4 is 17.0 Å². The average molecular weight is 488 g/mol. The number of nitrogens with one attached hydrogen (secondary N) is 1. The van der Waals surface area contributed by atoms with Gasteiger partial charge >= 0.3 is 5.69 Å². The van der Waals surface area contributed by atoms with Gasteiger partial charge in [-0.2, -0.15) is 5.10 Å². The monoisotopic (exact) mass is 487 g/mol. The molecule has 0 aliphatic carbocycles. The molecule has 4 heterocycles. The van der Waals surface area contributed by atoms with E-state index in [9.17, 15) is 14.4 Å². The lowest BCUT2D eigenvalue weighted by Crippen LogP contribution is -2.38. The molecule has 36 heavy (non-hydrogen) atoms. The van der Waals surface area contributed by atoms with E-state index in [0.29, 0.717) is 41.1 Å². The predicted octanol–water partition coefficient (Wildman–Crippen LogP) is 2.50. The summed E-state index contributed by atoms with van der Waals surface area (Å²) in [7, 11) is 3.26. The fourth-order valence-corrected chi connectivity index (χ4v) is 4.78. The molecule has 3 N–H and O–H groups in total. The van der Waals surface area contributed by atoms with Crippen molar-refractivity contribution in [3.05, 3.63) is 74.2 Å². The summed E-state index contributed by atoms with van der Waals surface area (Å²) in [5, 5.41) is 6.21. The van der Waals surface area contributed by atoms with Crippen molar-refractivity contribution in [2.24, 2.45) is 25.7 Å². The highest BCUT2D eigenvalue weighted by molar-refractivity contribution is 5.96. The number of benzene rings is 1. The molecule has 0 aliphatic heterocycles. The maximum absolute atomic E-state index is 13.5. The van der Waals surface area contributed by atoms with Crippen LogP contribution in [0.3, 0.4) is 0 Å². The molecule has 4 aromatic heterocycles. The zero-order valence-electron chi connectivity index (χ0n) is 21.0. The number of H-pyrrole nitrogens is 1. The van der Waals surface area contributed by atoms with Gasteiger partial charge in [0, 0.05) is 43.9 Å². The molecule has 10 nitrogen and oxygen atoms in total. The number of fused-ring (bicyclic) bond motifs is 2. The van der Waals surface area contributed by atoms with Crippen LogP contribution in [0.4, 0.5) is 0 Å². The van der Waals surface area contributed by atoms with Crippen LogP contribution in [0, 0.1) is 12.8 Å². The third kappa shape index (κ3) is 3.65. The summed E-state index contributed by atoms with van der Waals surface area (Å²) < 4.78 is 6.17. The third-order valence-corrected chi connectivity index (χ3v) is 6.55. The Balaban J connectivity index is 1.85. The summed E-state index contributed by atoms with van der Waals surface area (Å²) >= 11 is 0. The van der Waals surface area contributed by atoms with Crippen LogP contribution in [0.25, 0.3) is 33.3 Å². The minimum atomic E-state index is -0.566. The summed E-state index contributed by atoms with van der Waals surface area (Å²) in [6.07, 6.45) is 3.56. The lowest BCUT2D eigenvalue weighted by Gasteiger charge is -2.11. The first-order valence-corrected chi connectivity index (χ1v) is 11.8. The van der Waals surface area contributed by atoms with E-state index in [1.807, 2.05) is 39.1 Å². The number of aromatic nitrogens is 6. The van der Waals surface area contributed by atoms with Crippen molar-refractivity contribution in [2.45, 2.75) is 33.9 Å². The summed E-state index contributed by atoms with van der Waals surface area (Å²) in [6, 6.07) is 7.83. The first-order valence-electron chi connectivity index (χ1n) is 11.8. The highest BCUT2D eigenvalue weighted by atomic mass is 16.2. The van der Waals surface area contributed by atoms with Gasteiger partial charge in [0.25, 0.3) is 5.56 Å². The van der Waals surface area contributed by atoms with E-state index in [1.165, 1.54) is 7.05 Å². The Morgan fingerprint density at radius 2 is 1.92 bits per heavy atom. The van der Waals surface area contributed by atoms with Gasteiger partial charge in [-0.15, -0.1) is 0 Å². The number of aryl methyl sites for hydroxylation is 2. The lowest BCUT2D eigenvalue weighted by atomic mass is 10.1. The van der Waals surface area contributed by atoms with Gasteiger partial charge in [-0.1, -0.05) is 25.5 Å². The maximum atomic E-state index is 13.5. The number of rotatable bonds is 6. The fraction of sp³-hybridized carbons (Fsp3) is 0.308. The molecule has 0 unspecified atom stereocenters. The number of carbonyl (C=O) groups is 1. The Bertz CT molecular complexity index is 1780. The van der Waals surface area contributed by atoms with Crippen LogP contribution in [0.2, 0.25) is 0 Å². The van der Waals surface area contributed by atoms with E-state index in [4.69, 9.17) is 10.8 Å². The Kier molecular flexibility index (Phi) is 5.46. The van der Waals surface area contributed by atoms with E-state index in [2.05, 4.69) is 11.1 Å². The average Bonchev–Trinajstić information content (AvgIpc) is 3.50. The van der Waals surface area contributed by atoms with Gasteiger partial charge < -0.3 is 15.3 Å². The van der Waals surface area contributed by atoms with E-state index < -0.39 is 17.2 Å². The minimum Gasteiger partial charge on any atom is -0.366 e. The third-order valence-electron chi connectivity index (χ3n) is 6.55. The molecule has 10 heteroatoms. The number of nitrogens with two attached hydrogens (primary N) is 1. The Morgan fingerprint density at radius 1 is 1.17 bits per heavy atom. The van der Waals surface area contributed by atoms with E-state index >= 15 is 0 Å². The molecule has 0 spiro atoms. The zero-order chi connectivity index (χ0) is 25.9. The molecule has 0 aliphatic rings. The summed E-state index contributed by atoms with van der Waals surface area (Å²) in [5.74, 6) is -0.408. The molecule has 186 valence electrons. The number of amides is 1. The number of hydrogen-bond donors (Lipinski definition) is 2. The Labute approximate surface area is 206 Å². The second kappa shape index (κ2) is 8.40. The molecule has 0 bridgehead atoms. The van der Waals surface area contributed by atoms with Gasteiger partial charge in [0.2, 0.25) is 5.91 Å². The van der Waals surface area contributed by atoms with Gasteiger partial charge in [0.15, 0.2) is 5.65 Å². The van der Waals surface area contributed by atoms with E-state index in [1.54, 1.807) is 33.1 Å². The fourth-order valence-electron chi connectivity index (χ4n) is 4.78. The summed E-state index contributed by atoms with van der Waals surface area (Å²) in [5.41, 5.74) is 9.59. The molecule has 0 fully saturated rings. The highest BCUT2D eigenvalue weighted by Gasteiger charge is 2.25. The van der Waals surface area contributed by atoms with E-state index in [-0.39, 0.29) is 5.92 Å². The van der Waals surface area contributed by atoms with Crippen LogP contribution >= 0.6 is 0 Å².